The number of rotatable bonds is 5. The number of aliphatic hydroxyl groups excluding tert-OH is 1. The average molecular weight is 429 g/mol. The highest BCUT2D eigenvalue weighted by atomic mass is 16.3. The van der Waals surface area contributed by atoms with Crippen LogP contribution in [0.5, 0.6) is 0 Å². The highest BCUT2D eigenvalue weighted by molar-refractivity contribution is 5.35. The first kappa shape index (κ1) is 23.6. The smallest absolute Gasteiger partial charge is 0.0913 e. The Kier molecular flexibility index (Phi) is 6.09. The standard InChI is InChI=1S/C29H48O2/c1-18(2)19(3)8-9-20(4)22-11-12-23-21-10-13-25-28(6,17-15-26(30)29(25,7)31)24(21)14-16-27(22,23)5/h18,20,22-23,25-26,30-31H,3,8-17H2,1-2,4-7H3/t20-,22-,23+,25-,26+,27-,28-,29-/m1/s1. The molecule has 4 aliphatic rings. The molecule has 0 spiro atoms. The molecule has 0 amide bonds. The second kappa shape index (κ2) is 8.01. The van der Waals surface area contributed by atoms with Crippen LogP contribution in [0.15, 0.2) is 23.3 Å². The van der Waals surface area contributed by atoms with Gasteiger partial charge in [-0.3, -0.25) is 0 Å². The van der Waals surface area contributed by atoms with Crippen molar-refractivity contribution in [3.8, 4) is 0 Å². The van der Waals surface area contributed by atoms with E-state index in [9.17, 15) is 10.2 Å². The fourth-order valence-corrected chi connectivity index (χ4v) is 8.83. The van der Waals surface area contributed by atoms with Crippen molar-refractivity contribution in [1.29, 1.82) is 0 Å². The third-order valence-electron chi connectivity index (χ3n) is 11.0. The normalized spacial score (nSPS) is 45.8. The van der Waals surface area contributed by atoms with Crippen LogP contribution in [0.25, 0.3) is 0 Å². The molecule has 0 bridgehead atoms. The number of fused-ring (bicyclic) bond motifs is 4. The highest BCUT2D eigenvalue weighted by Crippen LogP contribution is 2.67. The maximum atomic E-state index is 11.2. The lowest BCUT2D eigenvalue weighted by atomic mass is 9.48. The molecule has 4 rings (SSSR count). The van der Waals surface area contributed by atoms with Crippen LogP contribution in [0.4, 0.5) is 0 Å². The molecule has 0 heterocycles. The lowest BCUT2D eigenvalue weighted by Gasteiger charge is -2.59. The minimum absolute atomic E-state index is 0.0797. The SMILES string of the molecule is C=C(CC[C@@H](C)[C@H]1CC[C@H]2C3=C(CC[C@]12C)[C@@]1(C)CC[C@H](O)[C@](C)(O)[C@@H]1CC3)C(C)C. The predicted octanol–water partition coefficient (Wildman–Crippen LogP) is 7.06. The van der Waals surface area contributed by atoms with Gasteiger partial charge in [-0.2, -0.15) is 0 Å². The Balaban J connectivity index is 1.56. The maximum Gasteiger partial charge on any atom is 0.0913 e. The third kappa shape index (κ3) is 3.59. The summed E-state index contributed by atoms with van der Waals surface area (Å²) < 4.78 is 0. The van der Waals surface area contributed by atoms with E-state index in [0.29, 0.717) is 11.3 Å². The zero-order valence-corrected chi connectivity index (χ0v) is 21.1. The van der Waals surface area contributed by atoms with Crippen LogP contribution < -0.4 is 0 Å². The maximum absolute atomic E-state index is 11.2. The second-order valence-corrected chi connectivity index (χ2v) is 12.9. The Hall–Kier alpha value is -0.600. The van der Waals surface area contributed by atoms with Crippen molar-refractivity contribution in [3.05, 3.63) is 23.3 Å². The van der Waals surface area contributed by atoms with Gasteiger partial charge >= 0.3 is 0 Å². The van der Waals surface area contributed by atoms with Gasteiger partial charge in [0.15, 0.2) is 0 Å². The molecule has 0 aliphatic heterocycles. The Morgan fingerprint density at radius 1 is 1.03 bits per heavy atom. The van der Waals surface area contributed by atoms with E-state index in [0.717, 1.165) is 43.4 Å². The molecule has 2 heteroatoms. The van der Waals surface area contributed by atoms with Crippen molar-refractivity contribution in [3.63, 3.8) is 0 Å². The molecular formula is C29H48O2. The van der Waals surface area contributed by atoms with Crippen molar-refractivity contribution in [1.82, 2.24) is 0 Å². The van der Waals surface area contributed by atoms with Crippen molar-refractivity contribution < 1.29 is 10.2 Å². The average Bonchev–Trinajstić information content (AvgIpc) is 3.06. The van der Waals surface area contributed by atoms with E-state index in [4.69, 9.17) is 0 Å². The van der Waals surface area contributed by atoms with Crippen LogP contribution in [-0.2, 0) is 0 Å². The number of hydrogen-bond acceptors (Lipinski definition) is 2. The van der Waals surface area contributed by atoms with Gasteiger partial charge in [-0.05, 0) is 112 Å². The summed E-state index contributed by atoms with van der Waals surface area (Å²) in [5.74, 6) is 3.14. The van der Waals surface area contributed by atoms with E-state index < -0.39 is 11.7 Å². The molecule has 31 heavy (non-hydrogen) atoms. The molecule has 0 aromatic rings. The lowest BCUT2D eigenvalue weighted by Crippen LogP contribution is -2.58. The van der Waals surface area contributed by atoms with Gasteiger partial charge in [0.2, 0.25) is 0 Å². The molecule has 2 nitrogen and oxygen atoms in total. The molecule has 2 saturated carbocycles. The van der Waals surface area contributed by atoms with Crippen LogP contribution in [0.2, 0.25) is 0 Å². The van der Waals surface area contributed by atoms with Gasteiger partial charge in [0, 0.05) is 0 Å². The van der Waals surface area contributed by atoms with Crippen LogP contribution in [-0.4, -0.2) is 21.9 Å². The molecule has 0 aromatic heterocycles. The van der Waals surface area contributed by atoms with E-state index in [2.05, 4.69) is 41.2 Å². The van der Waals surface area contributed by atoms with Gasteiger partial charge in [0.05, 0.1) is 11.7 Å². The third-order valence-corrected chi connectivity index (χ3v) is 11.0. The van der Waals surface area contributed by atoms with E-state index in [1.165, 1.54) is 44.1 Å². The minimum Gasteiger partial charge on any atom is -0.390 e. The Bertz CT molecular complexity index is 746. The van der Waals surface area contributed by atoms with E-state index in [-0.39, 0.29) is 11.3 Å². The summed E-state index contributed by atoms with van der Waals surface area (Å²) in [6, 6.07) is 0. The zero-order chi connectivity index (χ0) is 22.8. The lowest BCUT2D eigenvalue weighted by molar-refractivity contribution is -0.165. The fraction of sp³-hybridized carbons (Fsp3) is 0.862. The molecule has 2 N–H and O–H groups in total. The van der Waals surface area contributed by atoms with E-state index in [1.54, 1.807) is 11.1 Å². The second-order valence-electron chi connectivity index (χ2n) is 12.9. The monoisotopic (exact) mass is 428 g/mol. The Morgan fingerprint density at radius 3 is 2.42 bits per heavy atom. The number of aliphatic hydroxyl groups is 2. The quantitative estimate of drug-likeness (QED) is 0.460. The predicted molar refractivity (Wildman–Crippen MR) is 130 cm³/mol. The van der Waals surface area contributed by atoms with E-state index >= 15 is 0 Å². The molecule has 2 fully saturated rings. The Labute approximate surface area is 191 Å². The first-order valence-corrected chi connectivity index (χ1v) is 13.2. The number of hydrogen-bond donors (Lipinski definition) is 2. The molecular weight excluding hydrogens is 380 g/mol. The van der Waals surface area contributed by atoms with Crippen LogP contribution in [0.1, 0.15) is 106 Å². The highest BCUT2D eigenvalue weighted by Gasteiger charge is 2.59. The number of allylic oxidation sites excluding steroid dienone is 3. The van der Waals surface area contributed by atoms with E-state index in [1.807, 2.05) is 6.92 Å². The van der Waals surface area contributed by atoms with Gasteiger partial charge < -0.3 is 10.2 Å². The van der Waals surface area contributed by atoms with Crippen LogP contribution >= 0.6 is 0 Å². The summed E-state index contributed by atoms with van der Waals surface area (Å²) in [5.41, 5.74) is 4.46. The largest absolute Gasteiger partial charge is 0.390 e. The van der Waals surface area contributed by atoms with Gasteiger partial charge in [-0.25, -0.2) is 0 Å². The van der Waals surface area contributed by atoms with Gasteiger partial charge in [-0.15, -0.1) is 0 Å². The fourth-order valence-electron chi connectivity index (χ4n) is 8.83. The topological polar surface area (TPSA) is 40.5 Å². The first-order valence-electron chi connectivity index (χ1n) is 13.2. The summed E-state index contributed by atoms with van der Waals surface area (Å²) in [6.07, 6.45) is 11.1. The molecule has 4 aliphatic carbocycles. The summed E-state index contributed by atoms with van der Waals surface area (Å²) >= 11 is 0. The molecule has 0 aromatic carbocycles. The Morgan fingerprint density at radius 2 is 1.74 bits per heavy atom. The summed E-state index contributed by atoms with van der Waals surface area (Å²) in [5, 5.41) is 21.7. The molecule has 176 valence electrons. The van der Waals surface area contributed by atoms with Crippen LogP contribution in [0, 0.1) is 40.4 Å². The van der Waals surface area contributed by atoms with Crippen molar-refractivity contribution >= 4 is 0 Å². The first-order chi connectivity index (χ1) is 14.4. The minimum atomic E-state index is -0.947. The molecule has 0 radical (unpaired) electrons. The molecule has 0 unspecified atom stereocenters. The summed E-state index contributed by atoms with van der Waals surface area (Å²) in [7, 11) is 0. The molecule has 8 atom stereocenters. The zero-order valence-electron chi connectivity index (χ0n) is 21.1. The van der Waals surface area contributed by atoms with Gasteiger partial charge in [-0.1, -0.05) is 57.9 Å². The van der Waals surface area contributed by atoms with Gasteiger partial charge in [0.25, 0.3) is 0 Å². The van der Waals surface area contributed by atoms with Crippen molar-refractivity contribution in [2.45, 2.75) is 117 Å². The summed E-state index contributed by atoms with van der Waals surface area (Å²) in [6.45, 7) is 18.3. The molecule has 0 saturated heterocycles. The van der Waals surface area contributed by atoms with Crippen molar-refractivity contribution in [2.75, 3.05) is 0 Å². The van der Waals surface area contributed by atoms with Crippen LogP contribution in [0.3, 0.4) is 0 Å². The van der Waals surface area contributed by atoms with Crippen molar-refractivity contribution in [2.24, 2.45) is 40.4 Å². The summed E-state index contributed by atoms with van der Waals surface area (Å²) in [4.78, 5) is 0. The van der Waals surface area contributed by atoms with Gasteiger partial charge in [0.1, 0.15) is 0 Å².